The average Bonchev–Trinajstić information content (AvgIpc) is 3.28. The predicted octanol–water partition coefficient (Wildman–Crippen LogP) is 5.40. The highest BCUT2D eigenvalue weighted by Gasteiger charge is 2.32. The number of benzene rings is 2. The molecule has 2 aromatic heterocycles. The summed E-state index contributed by atoms with van der Waals surface area (Å²) >= 11 is 6.98. The lowest BCUT2D eigenvalue weighted by Gasteiger charge is -2.16. The van der Waals surface area contributed by atoms with E-state index in [1.807, 2.05) is 4.72 Å². The van der Waals surface area contributed by atoms with Gasteiger partial charge in [-0.1, -0.05) is 22.9 Å². The summed E-state index contributed by atoms with van der Waals surface area (Å²) in [5, 5.41) is 13.8. The second-order valence-electron chi connectivity index (χ2n) is 6.50. The first-order valence-corrected chi connectivity index (χ1v) is 11.7. The molecule has 0 saturated carbocycles. The van der Waals surface area contributed by atoms with Crippen LogP contribution in [0.5, 0.6) is 11.5 Å². The molecule has 0 bridgehead atoms. The topological polar surface area (TPSA) is 107 Å². The summed E-state index contributed by atoms with van der Waals surface area (Å²) in [5.41, 5.74) is 0.804. The predicted molar refractivity (Wildman–Crippen MR) is 115 cm³/mol. The van der Waals surface area contributed by atoms with Gasteiger partial charge in [0.2, 0.25) is 5.13 Å². The zero-order chi connectivity index (χ0) is 24.5. The third kappa shape index (κ3) is 5.08. The Morgan fingerprint density at radius 2 is 1.82 bits per heavy atom. The third-order valence-electron chi connectivity index (χ3n) is 4.28. The number of nitrogens with one attached hydrogen (secondary N) is 1. The van der Waals surface area contributed by atoms with Gasteiger partial charge in [-0.05, 0) is 30.3 Å². The fraction of sp³-hybridized carbons (Fsp3) is 0.0526. The molecule has 2 aromatic carbocycles. The quantitative estimate of drug-likeness (QED) is 0.332. The van der Waals surface area contributed by atoms with Crippen molar-refractivity contribution in [1.82, 2.24) is 20.4 Å². The van der Waals surface area contributed by atoms with E-state index in [4.69, 9.17) is 16.3 Å². The number of ether oxygens (including phenoxy) is 1. The first kappa shape index (κ1) is 23.8. The number of hydrogen-bond donors (Lipinski definition) is 1. The van der Waals surface area contributed by atoms with Crippen LogP contribution < -0.4 is 9.46 Å². The van der Waals surface area contributed by atoms with Gasteiger partial charge in [-0.2, -0.15) is 23.4 Å². The molecule has 0 fully saturated rings. The van der Waals surface area contributed by atoms with E-state index in [1.165, 1.54) is 24.0 Å². The Labute approximate surface area is 198 Å². The molecule has 15 heteroatoms. The molecule has 2 heterocycles. The van der Waals surface area contributed by atoms with E-state index in [0.717, 1.165) is 29.5 Å². The second kappa shape index (κ2) is 9.12. The molecule has 0 atom stereocenters. The van der Waals surface area contributed by atoms with Crippen molar-refractivity contribution in [3.8, 4) is 22.6 Å². The van der Waals surface area contributed by atoms with E-state index in [-0.39, 0.29) is 21.5 Å². The Morgan fingerprint density at radius 1 is 1.03 bits per heavy atom. The highest BCUT2D eigenvalue weighted by molar-refractivity contribution is 7.93. The van der Waals surface area contributed by atoms with Gasteiger partial charge in [0.25, 0.3) is 10.0 Å². The molecule has 0 amide bonds. The Morgan fingerprint density at radius 3 is 2.47 bits per heavy atom. The minimum Gasteiger partial charge on any atom is -0.455 e. The fourth-order valence-corrected chi connectivity index (χ4v) is 4.82. The van der Waals surface area contributed by atoms with Crippen LogP contribution in [0.25, 0.3) is 11.1 Å². The first-order chi connectivity index (χ1) is 16.0. The average molecular weight is 532 g/mol. The molecule has 34 heavy (non-hydrogen) atoms. The zero-order valence-electron chi connectivity index (χ0n) is 16.4. The Balaban J connectivity index is 1.74. The number of alkyl halides is 3. The van der Waals surface area contributed by atoms with Crippen LogP contribution in [0.3, 0.4) is 0 Å². The van der Waals surface area contributed by atoms with Crippen LogP contribution >= 0.6 is 22.9 Å². The Bertz CT molecular complexity index is 1440. The van der Waals surface area contributed by atoms with Gasteiger partial charge in [0.15, 0.2) is 0 Å². The summed E-state index contributed by atoms with van der Waals surface area (Å²) in [7, 11) is -4.42. The minimum absolute atomic E-state index is 0.101. The largest absolute Gasteiger partial charge is 0.455 e. The van der Waals surface area contributed by atoms with E-state index >= 15 is 0 Å². The second-order valence-corrected chi connectivity index (χ2v) is 9.40. The van der Waals surface area contributed by atoms with Crippen molar-refractivity contribution in [3.63, 3.8) is 0 Å². The number of hydrogen-bond acceptors (Lipinski definition) is 8. The maximum Gasteiger partial charge on any atom is 0.416 e. The number of sulfonamides is 1. The van der Waals surface area contributed by atoms with Gasteiger partial charge in [-0.25, -0.2) is 12.8 Å². The van der Waals surface area contributed by atoms with E-state index in [0.29, 0.717) is 17.7 Å². The van der Waals surface area contributed by atoms with Crippen LogP contribution in [0.2, 0.25) is 5.02 Å². The summed E-state index contributed by atoms with van der Waals surface area (Å²) in [5.74, 6) is -1.97. The van der Waals surface area contributed by atoms with Gasteiger partial charge in [-0.3, -0.25) is 4.72 Å². The summed E-state index contributed by atoms with van der Waals surface area (Å²) in [6.45, 7) is 0. The molecule has 0 unspecified atom stereocenters. The number of anilines is 1. The Kier molecular flexibility index (Phi) is 6.38. The van der Waals surface area contributed by atoms with Gasteiger partial charge in [0.1, 0.15) is 27.7 Å². The zero-order valence-corrected chi connectivity index (χ0v) is 18.8. The molecule has 4 aromatic rings. The normalized spacial score (nSPS) is 11.9. The van der Waals surface area contributed by atoms with Gasteiger partial charge in [0, 0.05) is 17.2 Å². The molecular formula is C19H10ClF4N5O3S2. The lowest BCUT2D eigenvalue weighted by molar-refractivity contribution is -0.137. The molecule has 0 spiro atoms. The number of rotatable bonds is 6. The van der Waals surface area contributed by atoms with E-state index < -0.39 is 38.2 Å². The fourth-order valence-electron chi connectivity index (χ4n) is 2.77. The van der Waals surface area contributed by atoms with Crippen LogP contribution in [0.1, 0.15) is 5.56 Å². The lowest BCUT2D eigenvalue weighted by Crippen LogP contribution is -2.14. The monoisotopic (exact) mass is 531 g/mol. The van der Waals surface area contributed by atoms with Gasteiger partial charge in [-0.15, -0.1) is 10.2 Å². The van der Waals surface area contributed by atoms with E-state index in [9.17, 15) is 26.0 Å². The van der Waals surface area contributed by atoms with Crippen LogP contribution in [0.4, 0.5) is 22.7 Å². The molecule has 0 saturated heterocycles. The minimum atomic E-state index is -4.68. The smallest absolute Gasteiger partial charge is 0.416 e. The van der Waals surface area contributed by atoms with Crippen molar-refractivity contribution in [1.29, 1.82) is 0 Å². The number of aromatic nitrogens is 4. The van der Waals surface area contributed by atoms with Crippen LogP contribution in [0.15, 0.2) is 59.2 Å². The van der Waals surface area contributed by atoms with E-state index in [1.54, 1.807) is 0 Å². The Hall–Kier alpha value is -3.36. The number of nitrogens with zero attached hydrogens (tertiary/aromatic N) is 4. The van der Waals surface area contributed by atoms with Gasteiger partial charge in [0.05, 0.1) is 23.0 Å². The van der Waals surface area contributed by atoms with E-state index in [2.05, 4.69) is 20.4 Å². The molecule has 4 rings (SSSR count). The summed E-state index contributed by atoms with van der Waals surface area (Å²) in [6.07, 6.45) is -2.06. The third-order valence-corrected chi connectivity index (χ3v) is 6.67. The van der Waals surface area contributed by atoms with Crippen molar-refractivity contribution in [2.24, 2.45) is 0 Å². The van der Waals surface area contributed by atoms with Crippen LogP contribution in [-0.2, 0) is 16.2 Å². The highest BCUT2D eigenvalue weighted by Crippen LogP contribution is 2.41. The van der Waals surface area contributed by atoms with Crippen molar-refractivity contribution >= 4 is 38.1 Å². The molecular weight excluding hydrogens is 522 g/mol. The van der Waals surface area contributed by atoms with Crippen molar-refractivity contribution in [3.05, 3.63) is 70.7 Å². The maximum atomic E-state index is 14.8. The highest BCUT2D eigenvalue weighted by atomic mass is 35.5. The van der Waals surface area contributed by atoms with Gasteiger partial charge < -0.3 is 4.74 Å². The molecule has 0 aliphatic carbocycles. The van der Waals surface area contributed by atoms with Crippen LogP contribution in [-0.4, -0.2) is 28.8 Å². The summed E-state index contributed by atoms with van der Waals surface area (Å²) in [4.78, 5) is -0.817. The van der Waals surface area contributed by atoms with Crippen molar-refractivity contribution in [2.45, 2.75) is 11.1 Å². The standard InChI is InChI=1S/C19H10ClF4N5O3S2/c20-13-6-17(34(30,31)29-18-28-27-9-33-18)14(21)7-16(13)32-15-5-11(19(22,23)24)1-2-12(15)10-3-4-25-26-8-10/h1-9H,(H,28,29). The molecule has 176 valence electrons. The molecule has 1 N–H and O–H groups in total. The molecule has 0 radical (unpaired) electrons. The maximum absolute atomic E-state index is 14.8. The SMILES string of the molecule is O=S(=O)(Nc1nncs1)c1cc(Cl)c(Oc2cc(C(F)(F)F)ccc2-c2ccnnc2)cc1F. The van der Waals surface area contributed by atoms with Gasteiger partial charge >= 0.3 is 6.18 Å². The van der Waals surface area contributed by atoms with Crippen molar-refractivity contribution in [2.75, 3.05) is 4.72 Å². The van der Waals surface area contributed by atoms with Crippen LogP contribution in [0, 0.1) is 5.82 Å². The molecule has 0 aliphatic rings. The molecule has 0 aliphatic heterocycles. The summed E-state index contributed by atoms with van der Waals surface area (Å²) < 4.78 is 87.1. The summed E-state index contributed by atoms with van der Waals surface area (Å²) in [6, 6.07) is 5.64. The first-order valence-electron chi connectivity index (χ1n) is 8.99. The van der Waals surface area contributed by atoms with Crippen molar-refractivity contribution < 1.29 is 30.7 Å². The lowest BCUT2D eigenvalue weighted by atomic mass is 10.0. The molecule has 8 nitrogen and oxygen atoms in total. The number of halogens is 5.